The monoisotopic (exact) mass is 207 g/mol. The summed E-state index contributed by atoms with van der Waals surface area (Å²) in [6.45, 7) is 5.19. The summed E-state index contributed by atoms with van der Waals surface area (Å²) >= 11 is 0. The van der Waals surface area contributed by atoms with Crippen LogP contribution in [0, 0.1) is 0 Å². The van der Waals surface area contributed by atoms with Crippen molar-refractivity contribution in [3.63, 3.8) is 0 Å². The number of nitrogen functional groups attached to an aromatic ring is 1. The van der Waals surface area contributed by atoms with Crippen molar-refractivity contribution >= 4 is 5.82 Å². The molecule has 3 nitrogen and oxygen atoms in total. The number of hydrogen-bond acceptors (Lipinski definition) is 3. The van der Waals surface area contributed by atoms with Crippen molar-refractivity contribution in [2.24, 2.45) is 0 Å². The molecule has 3 heteroatoms. The largest absolute Gasteiger partial charge is 0.384 e. The highest BCUT2D eigenvalue weighted by Gasteiger charge is 2.22. The molecule has 1 unspecified atom stereocenters. The Morgan fingerprint density at radius 2 is 2.13 bits per heavy atom. The van der Waals surface area contributed by atoms with Gasteiger partial charge in [-0.3, -0.25) is 4.90 Å². The molecule has 0 saturated carbocycles. The Kier molecular flexibility index (Phi) is 4.56. The first-order chi connectivity index (χ1) is 7.27. The lowest BCUT2D eigenvalue weighted by Gasteiger charge is -2.19. The fourth-order valence-electron chi connectivity index (χ4n) is 1.95. The van der Waals surface area contributed by atoms with Crippen LogP contribution in [0.3, 0.4) is 0 Å². The summed E-state index contributed by atoms with van der Waals surface area (Å²) in [5.74, 6) is 0.601. The van der Waals surface area contributed by atoms with Crippen molar-refractivity contribution in [3.05, 3.63) is 23.9 Å². The van der Waals surface area contributed by atoms with E-state index in [1.165, 1.54) is 24.9 Å². The van der Waals surface area contributed by atoms with E-state index in [4.69, 9.17) is 5.73 Å². The highest BCUT2D eigenvalue weighted by atomic mass is 15.1. The van der Waals surface area contributed by atoms with Gasteiger partial charge in [-0.25, -0.2) is 4.98 Å². The van der Waals surface area contributed by atoms with Gasteiger partial charge in [0.25, 0.3) is 0 Å². The maximum Gasteiger partial charge on any atom is 0.123 e. The summed E-state index contributed by atoms with van der Waals surface area (Å²) in [4.78, 5) is 6.48. The molecule has 0 aromatic carbocycles. The van der Waals surface area contributed by atoms with Gasteiger partial charge in [0.1, 0.15) is 5.82 Å². The summed E-state index contributed by atoms with van der Waals surface area (Å²) in [7, 11) is 2.16. The molecule has 84 valence electrons. The van der Waals surface area contributed by atoms with Gasteiger partial charge in [0.2, 0.25) is 0 Å². The van der Waals surface area contributed by atoms with Crippen molar-refractivity contribution in [2.75, 3.05) is 19.3 Å². The van der Waals surface area contributed by atoms with E-state index < -0.39 is 0 Å². The third-order valence-electron chi connectivity index (χ3n) is 2.71. The van der Waals surface area contributed by atoms with E-state index in [2.05, 4.69) is 23.0 Å². The number of nitrogens with two attached hydrogens (primary N) is 1. The first kappa shape index (κ1) is 12.0. The van der Waals surface area contributed by atoms with Crippen LogP contribution >= 0.6 is 0 Å². The molecule has 1 aromatic heterocycles. The smallest absolute Gasteiger partial charge is 0.123 e. The molecule has 0 bridgehead atoms. The van der Waals surface area contributed by atoms with Gasteiger partial charge in [0, 0.05) is 12.2 Å². The van der Waals surface area contributed by atoms with E-state index in [-0.39, 0.29) is 0 Å². The molecule has 2 heterocycles. The summed E-state index contributed by atoms with van der Waals surface area (Å²) in [6, 6.07) is 4.50. The van der Waals surface area contributed by atoms with Crippen LogP contribution in [-0.4, -0.2) is 23.5 Å². The lowest BCUT2D eigenvalue weighted by Crippen LogP contribution is -2.17. The van der Waals surface area contributed by atoms with Crippen LogP contribution in [0.25, 0.3) is 0 Å². The van der Waals surface area contributed by atoms with Crippen molar-refractivity contribution in [1.82, 2.24) is 9.88 Å². The van der Waals surface area contributed by atoms with Gasteiger partial charge in [-0.2, -0.15) is 0 Å². The average Bonchev–Trinajstić information content (AvgIpc) is 2.69. The molecule has 0 spiro atoms. The zero-order valence-corrected chi connectivity index (χ0v) is 9.90. The highest BCUT2D eigenvalue weighted by molar-refractivity contribution is 5.30. The number of nitrogens with zero attached hydrogens (tertiary/aromatic N) is 2. The van der Waals surface area contributed by atoms with Crippen molar-refractivity contribution < 1.29 is 0 Å². The van der Waals surface area contributed by atoms with Gasteiger partial charge < -0.3 is 5.73 Å². The van der Waals surface area contributed by atoms with Gasteiger partial charge >= 0.3 is 0 Å². The SMILES string of the molecule is CC.CN1CCCC1c1ccc(N)nc1. The van der Waals surface area contributed by atoms with Crippen LogP contribution < -0.4 is 5.73 Å². The van der Waals surface area contributed by atoms with Gasteiger partial charge in [0.15, 0.2) is 0 Å². The van der Waals surface area contributed by atoms with Crippen LogP contribution in [0.1, 0.15) is 38.3 Å². The summed E-state index contributed by atoms with van der Waals surface area (Å²) in [5.41, 5.74) is 6.82. The normalized spacial score (nSPS) is 20.9. The molecule has 0 amide bonds. The van der Waals surface area contributed by atoms with Gasteiger partial charge in [-0.15, -0.1) is 0 Å². The fourth-order valence-corrected chi connectivity index (χ4v) is 1.95. The van der Waals surface area contributed by atoms with Crippen molar-refractivity contribution in [3.8, 4) is 0 Å². The van der Waals surface area contributed by atoms with Crippen molar-refractivity contribution in [2.45, 2.75) is 32.7 Å². The number of likely N-dealkylation sites (tertiary alicyclic amines) is 1. The minimum Gasteiger partial charge on any atom is -0.384 e. The molecule has 2 N–H and O–H groups in total. The second-order valence-corrected chi connectivity index (χ2v) is 3.66. The Morgan fingerprint density at radius 3 is 2.60 bits per heavy atom. The number of aromatic nitrogens is 1. The summed E-state index contributed by atoms with van der Waals surface area (Å²) in [5, 5.41) is 0. The fraction of sp³-hybridized carbons (Fsp3) is 0.583. The maximum atomic E-state index is 5.54. The third kappa shape index (κ3) is 2.93. The van der Waals surface area contributed by atoms with Crippen LogP contribution in [0.5, 0.6) is 0 Å². The Morgan fingerprint density at radius 1 is 1.40 bits per heavy atom. The zero-order chi connectivity index (χ0) is 11.3. The molecule has 0 aliphatic carbocycles. The Balaban J connectivity index is 0.000000531. The van der Waals surface area contributed by atoms with E-state index >= 15 is 0 Å². The molecular formula is C12H21N3. The molecule has 1 aromatic rings. The standard InChI is InChI=1S/C10H15N3.C2H6/c1-13-6-2-3-9(13)8-4-5-10(11)12-7-8;1-2/h4-5,7,9H,2-3,6H2,1H3,(H2,11,12);1-2H3. The molecule has 15 heavy (non-hydrogen) atoms. The predicted octanol–water partition coefficient (Wildman–Crippen LogP) is 2.46. The minimum atomic E-state index is 0.549. The second-order valence-electron chi connectivity index (χ2n) is 3.66. The highest BCUT2D eigenvalue weighted by Crippen LogP contribution is 2.29. The lowest BCUT2D eigenvalue weighted by molar-refractivity contribution is 0.317. The Labute approximate surface area is 92.3 Å². The predicted molar refractivity (Wildman–Crippen MR) is 64.6 cm³/mol. The van der Waals surface area contributed by atoms with E-state index in [1.54, 1.807) is 0 Å². The molecule has 0 radical (unpaired) electrons. The second kappa shape index (κ2) is 5.71. The molecule has 1 aliphatic rings. The topological polar surface area (TPSA) is 42.1 Å². The Hall–Kier alpha value is -1.09. The van der Waals surface area contributed by atoms with Crippen molar-refractivity contribution in [1.29, 1.82) is 0 Å². The number of anilines is 1. The third-order valence-corrected chi connectivity index (χ3v) is 2.71. The number of pyridine rings is 1. The minimum absolute atomic E-state index is 0.549. The van der Waals surface area contributed by atoms with Gasteiger partial charge in [-0.05, 0) is 38.1 Å². The first-order valence-electron chi connectivity index (χ1n) is 5.69. The maximum absolute atomic E-state index is 5.54. The molecule has 1 atom stereocenters. The van der Waals surface area contributed by atoms with E-state index in [9.17, 15) is 0 Å². The summed E-state index contributed by atoms with van der Waals surface area (Å²) < 4.78 is 0. The average molecular weight is 207 g/mol. The quantitative estimate of drug-likeness (QED) is 0.769. The first-order valence-corrected chi connectivity index (χ1v) is 5.69. The van der Waals surface area contributed by atoms with Crippen LogP contribution in [0.15, 0.2) is 18.3 Å². The van der Waals surface area contributed by atoms with E-state index in [0.29, 0.717) is 11.9 Å². The van der Waals surface area contributed by atoms with Gasteiger partial charge in [-0.1, -0.05) is 19.9 Å². The van der Waals surface area contributed by atoms with E-state index in [1.807, 2.05) is 26.1 Å². The zero-order valence-electron chi connectivity index (χ0n) is 9.90. The molecule has 1 saturated heterocycles. The molecule has 2 rings (SSSR count). The van der Waals surface area contributed by atoms with Crippen LogP contribution in [0.2, 0.25) is 0 Å². The van der Waals surface area contributed by atoms with Crippen LogP contribution in [-0.2, 0) is 0 Å². The van der Waals surface area contributed by atoms with Crippen LogP contribution in [0.4, 0.5) is 5.82 Å². The Bertz CT molecular complexity index is 281. The molecular weight excluding hydrogens is 186 g/mol. The lowest BCUT2D eigenvalue weighted by atomic mass is 10.1. The number of rotatable bonds is 1. The van der Waals surface area contributed by atoms with E-state index in [0.717, 1.165) is 0 Å². The number of hydrogen-bond donors (Lipinski definition) is 1. The summed E-state index contributed by atoms with van der Waals surface area (Å²) in [6.07, 6.45) is 4.41. The molecule has 1 fully saturated rings. The van der Waals surface area contributed by atoms with Gasteiger partial charge in [0.05, 0.1) is 0 Å². The molecule has 1 aliphatic heterocycles.